The van der Waals surface area contributed by atoms with Crippen molar-refractivity contribution in [3.05, 3.63) is 78.2 Å². The molecule has 0 saturated carbocycles. The molecule has 0 spiro atoms. The van der Waals surface area contributed by atoms with Crippen molar-refractivity contribution < 1.29 is 14.3 Å². The Bertz CT molecular complexity index is 1580. The maximum atomic E-state index is 12.9. The molecule has 0 aliphatic carbocycles. The Labute approximate surface area is 248 Å². The van der Waals surface area contributed by atoms with Crippen LogP contribution in [-0.2, 0) is 9.53 Å². The van der Waals surface area contributed by atoms with Gasteiger partial charge in [-0.25, -0.2) is 4.98 Å². The zero-order chi connectivity index (χ0) is 28.9. The molecule has 2 fully saturated rings. The molecular formula is C31H33N7O3S. The van der Waals surface area contributed by atoms with E-state index in [1.165, 1.54) is 6.08 Å². The van der Waals surface area contributed by atoms with Crippen LogP contribution in [0, 0.1) is 0 Å². The average Bonchev–Trinajstić information content (AvgIpc) is 3.50. The van der Waals surface area contributed by atoms with Gasteiger partial charge in [0.25, 0.3) is 5.91 Å². The summed E-state index contributed by atoms with van der Waals surface area (Å²) in [7, 11) is 0. The summed E-state index contributed by atoms with van der Waals surface area (Å²) in [6.45, 7) is 9.03. The Kier molecular flexibility index (Phi) is 8.40. The van der Waals surface area contributed by atoms with Gasteiger partial charge in [0.2, 0.25) is 11.9 Å². The van der Waals surface area contributed by atoms with Gasteiger partial charge in [-0.05, 0) is 72.8 Å². The fourth-order valence-electron chi connectivity index (χ4n) is 5.41. The minimum Gasteiger partial charge on any atom is -0.379 e. The summed E-state index contributed by atoms with van der Waals surface area (Å²) in [5.74, 6) is 0.925. The Morgan fingerprint density at radius 1 is 0.929 bits per heavy atom. The highest BCUT2D eigenvalue weighted by Crippen LogP contribution is 2.33. The number of hydrogen-bond acceptors (Lipinski definition) is 9. The van der Waals surface area contributed by atoms with Crippen molar-refractivity contribution in [2.75, 3.05) is 60.2 Å². The average molecular weight is 584 g/mol. The van der Waals surface area contributed by atoms with E-state index in [1.54, 1.807) is 35.6 Å². The van der Waals surface area contributed by atoms with Crippen LogP contribution in [0.1, 0.15) is 23.2 Å². The number of aromatic nitrogens is 2. The highest BCUT2D eigenvalue weighted by Gasteiger charge is 2.27. The topological polar surface area (TPSA) is 112 Å². The molecule has 6 rings (SSSR count). The van der Waals surface area contributed by atoms with E-state index in [1.807, 2.05) is 30.3 Å². The second-order valence-corrected chi connectivity index (χ2v) is 11.2. The molecule has 2 saturated heterocycles. The number of ether oxygens (including phenoxy) is 1. The van der Waals surface area contributed by atoms with Crippen molar-refractivity contribution in [3.8, 4) is 0 Å². The SMILES string of the molecule is C=CC(=O)Nc1ccc(C(=O)Nc2cccc(Nc3nc(N4CCC(N5CCOCC5)CC4)c4sccc4n3)c2)cc1. The lowest BCUT2D eigenvalue weighted by atomic mass is 10.0. The maximum Gasteiger partial charge on any atom is 0.255 e. The number of amides is 2. The van der Waals surface area contributed by atoms with Crippen LogP contribution >= 0.6 is 11.3 Å². The van der Waals surface area contributed by atoms with E-state index in [2.05, 4.69) is 37.7 Å². The van der Waals surface area contributed by atoms with E-state index < -0.39 is 0 Å². The molecule has 2 aliphatic heterocycles. The number of thiophene rings is 1. The van der Waals surface area contributed by atoms with E-state index in [0.717, 1.165) is 74.0 Å². The van der Waals surface area contributed by atoms with Crippen LogP contribution in [0.3, 0.4) is 0 Å². The number of carbonyl (C=O) groups excluding carboxylic acids is 2. The molecule has 2 aromatic carbocycles. The third-order valence-corrected chi connectivity index (χ3v) is 8.49. The number of nitrogens with zero attached hydrogens (tertiary/aromatic N) is 4. The molecule has 2 aromatic heterocycles. The first kappa shape index (κ1) is 27.8. The summed E-state index contributed by atoms with van der Waals surface area (Å²) in [5.41, 5.74) is 3.38. The van der Waals surface area contributed by atoms with E-state index in [-0.39, 0.29) is 11.8 Å². The smallest absolute Gasteiger partial charge is 0.255 e. The molecule has 216 valence electrons. The molecule has 0 unspecified atom stereocenters. The van der Waals surface area contributed by atoms with Gasteiger partial charge >= 0.3 is 0 Å². The normalized spacial score (nSPS) is 16.2. The lowest BCUT2D eigenvalue weighted by Gasteiger charge is -2.40. The first-order chi connectivity index (χ1) is 20.6. The van der Waals surface area contributed by atoms with Crippen LogP contribution in [-0.4, -0.2) is 72.1 Å². The van der Waals surface area contributed by atoms with Gasteiger partial charge in [-0.1, -0.05) is 12.6 Å². The molecule has 2 aliphatic rings. The van der Waals surface area contributed by atoms with Crippen LogP contribution in [0.5, 0.6) is 0 Å². The molecule has 0 radical (unpaired) electrons. The summed E-state index contributed by atoms with van der Waals surface area (Å²) in [4.78, 5) is 39.0. The van der Waals surface area contributed by atoms with Crippen LogP contribution in [0.25, 0.3) is 10.2 Å². The lowest BCUT2D eigenvalue weighted by Crippen LogP contribution is -2.49. The second-order valence-electron chi connectivity index (χ2n) is 10.3. The Hall–Kier alpha value is -4.32. The van der Waals surface area contributed by atoms with Crippen molar-refractivity contribution in [2.24, 2.45) is 0 Å². The third kappa shape index (κ3) is 6.43. The number of benzene rings is 2. The van der Waals surface area contributed by atoms with Gasteiger partial charge in [0.1, 0.15) is 0 Å². The van der Waals surface area contributed by atoms with Crippen molar-refractivity contribution in [1.82, 2.24) is 14.9 Å². The number of rotatable bonds is 8. The molecule has 4 heterocycles. The molecule has 0 atom stereocenters. The van der Waals surface area contributed by atoms with Gasteiger partial charge in [-0.2, -0.15) is 4.98 Å². The third-order valence-electron chi connectivity index (χ3n) is 7.59. The largest absolute Gasteiger partial charge is 0.379 e. The Balaban J connectivity index is 1.13. The van der Waals surface area contributed by atoms with Crippen molar-refractivity contribution in [2.45, 2.75) is 18.9 Å². The second kappa shape index (κ2) is 12.7. The summed E-state index contributed by atoms with van der Waals surface area (Å²) in [5, 5.41) is 11.0. The lowest BCUT2D eigenvalue weighted by molar-refractivity contribution is -0.111. The quantitative estimate of drug-likeness (QED) is 0.245. The zero-order valence-corrected chi connectivity index (χ0v) is 24.0. The van der Waals surface area contributed by atoms with Gasteiger partial charge in [-0.15, -0.1) is 11.3 Å². The molecule has 4 aromatic rings. The molecule has 0 bridgehead atoms. The number of fused-ring (bicyclic) bond motifs is 1. The summed E-state index contributed by atoms with van der Waals surface area (Å²) in [6, 6.07) is 16.8. The summed E-state index contributed by atoms with van der Waals surface area (Å²) in [6.07, 6.45) is 3.41. The predicted molar refractivity (Wildman–Crippen MR) is 168 cm³/mol. The number of nitrogens with one attached hydrogen (secondary N) is 3. The van der Waals surface area contributed by atoms with Gasteiger partial charge in [0.15, 0.2) is 5.82 Å². The van der Waals surface area contributed by atoms with Gasteiger partial charge in [0.05, 0.1) is 23.4 Å². The Morgan fingerprint density at radius 2 is 1.69 bits per heavy atom. The van der Waals surface area contributed by atoms with Crippen molar-refractivity contribution in [1.29, 1.82) is 0 Å². The van der Waals surface area contributed by atoms with E-state index in [4.69, 9.17) is 14.7 Å². The highest BCUT2D eigenvalue weighted by molar-refractivity contribution is 7.17. The first-order valence-electron chi connectivity index (χ1n) is 14.1. The van der Waals surface area contributed by atoms with Crippen LogP contribution in [0.4, 0.5) is 28.8 Å². The standard InChI is InChI=1S/C31H33N7O3S/c1-2-27(39)32-22-8-6-21(7-9-22)30(40)33-23-4-3-5-24(20-23)34-31-35-26-12-19-42-28(26)29(36-31)38-13-10-25(11-14-38)37-15-17-41-18-16-37/h2-9,12,19-20,25H,1,10-11,13-18H2,(H,32,39)(H,33,40)(H,34,35,36). The number of anilines is 5. The van der Waals surface area contributed by atoms with Crippen LogP contribution in [0.15, 0.2) is 72.6 Å². The van der Waals surface area contributed by atoms with Gasteiger partial charge in [0, 0.05) is 54.8 Å². The predicted octanol–water partition coefficient (Wildman–Crippen LogP) is 5.11. The molecule has 2 amide bonds. The van der Waals surface area contributed by atoms with Crippen molar-refractivity contribution >= 4 is 62.2 Å². The van der Waals surface area contributed by atoms with E-state index >= 15 is 0 Å². The van der Waals surface area contributed by atoms with Crippen LogP contribution < -0.4 is 20.9 Å². The first-order valence-corrected chi connectivity index (χ1v) is 15.0. The molecular weight excluding hydrogens is 550 g/mol. The monoisotopic (exact) mass is 583 g/mol. The van der Waals surface area contributed by atoms with E-state index in [9.17, 15) is 9.59 Å². The number of carbonyl (C=O) groups is 2. The molecule has 10 nitrogen and oxygen atoms in total. The van der Waals surface area contributed by atoms with E-state index in [0.29, 0.717) is 28.9 Å². The fourth-order valence-corrected chi connectivity index (χ4v) is 6.26. The maximum absolute atomic E-state index is 12.9. The minimum absolute atomic E-state index is 0.257. The molecule has 11 heteroatoms. The molecule has 42 heavy (non-hydrogen) atoms. The Morgan fingerprint density at radius 3 is 2.45 bits per heavy atom. The zero-order valence-electron chi connectivity index (χ0n) is 23.2. The van der Waals surface area contributed by atoms with Crippen LogP contribution in [0.2, 0.25) is 0 Å². The fraction of sp³-hybridized carbons (Fsp3) is 0.290. The number of morpholine rings is 1. The number of hydrogen-bond donors (Lipinski definition) is 3. The highest BCUT2D eigenvalue weighted by atomic mass is 32.1. The minimum atomic E-state index is -0.306. The van der Waals surface area contributed by atoms with Crippen molar-refractivity contribution in [3.63, 3.8) is 0 Å². The molecule has 3 N–H and O–H groups in total. The van der Waals surface area contributed by atoms with Gasteiger partial charge < -0.3 is 25.6 Å². The number of piperidine rings is 1. The van der Waals surface area contributed by atoms with Gasteiger partial charge in [-0.3, -0.25) is 14.5 Å². The summed E-state index contributed by atoms with van der Waals surface area (Å²) < 4.78 is 6.64. The summed E-state index contributed by atoms with van der Waals surface area (Å²) >= 11 is 1.67.